The highest BCUT2D eigenvalue weighted by atomic mass is 127. The molecule has 1 aromatic rings. The predicted octanol–water partition coefficient (Wildman–Crippen LogP) is 2.86. The second-order valence-corrected chi connectivity index (χ2v) is 8.91. The Labute approximate surface area is 210 Å². The maximum absolute atomic E-state index is 12.7. The van der Waals surface area contributed by atoms with E-state index in [0.29, 0.717) is 26.1 Å². The summed E-state index contributed by atoms with van der Waals surface area (Å²) in [4.78, 5) is 32.3. The molecular weight excluding hydrogens is 517 g/mol. The third-order valence-corrected chi connectivity index (χ3v) is 6.42. The van der Waals surface area contributed by atoms with Gasteiger partial charge in [-0.25, -0.2) is 9.97 Å². The summed E-state index contributed by atoms with van der Waals surface area (Å²) in [7, 11) is 2.12. The second-order valence-electron chi connectivity index (χ2n) is 8.91. The molecule has 1 aromatic heterocycles. The Bertz CT molecular complexity index is 702. The smallest absolute Gasteiger partial charge is 0.225 e. The Morgan fingerprint density at radius 1 is 1.16 bits per heavy atom. The molecule has 2 heterocycles. The number of aromatic nitrogens is 2. The van der Waals surface area contributed by atoms with Crippen molar-refractivity contribution in [2.24, 2.45) is 16.8 Å². The van der Waals surface area contributed by atoms with Crippen LogP contribution in [0.3, 0.4) is 0 Å². The number of carbonyl (C=O) groups is 1. The van der Waals surface area contributed by atoms with E-state index < -0.39 is 0 Å². The Morgan fingerprint density at radius 3 is 2.44 bits per heavy atom. The van der Waals surface area contributed by atoms with E-state index in [4.69, 9.17) is 4.99 Å². The predicted molar refractivity (Wildman–Crippen MR) is 141 cm³/mol. The highest BCUT2D eigenvalue weighted by Gasteiger charge is 2.23. The Morgan fingerprint density at radius 2 is 1.81 bits per heavy atom. The van der Waals surface area contributed by atoms with Crippen LogP contribution in [0.2, 0.25) is 0 Å². The molecule has 1 N–H and O–H groups in total. The van der Waals surface area contributed by atoms with Crippen molar-refractivity contribution in [3.05, 3.63) is 18.5 Å². The molecule has 0 atom stereocenters. The van der Waals surface area contributed by atoms with Gasteiger partial charge in [-0.05, 0) is 37.7 Å². The molecule has 1 amide bonds. The molecule has 3 rings (SSSR count). The van der Waals surface area contributed by atoms with Crippen molar-refractivity contribution in [3.63, 3.8) is 0 Å². The van der Waals surface area contributed by atoms with E-state index in [-0.39, 0.29) is 29.9 Å². The summed E-state index contributed by atoms with van der Waals surface area (Å²) in [6, 6.07) is 1.82. The van der Waals surface area contributed by atoms with E-state index in [1.54, 1.807) is 12.4 Å². The van der Waals surface area contributed by atoms with Crippen LogP contribution >= 0.6 is 24.0 Å². The van der Waals surface area contributed by atoms with Gasteiger partial charge in [-0.1, -0.05) is 19.8 Å². The number of nitrogens with one attached hydrogen (secondary N) is 1. The van der Waals surface area contributed by atoms with Gasteiger partial charge in [0.1, 0.15) is 0 Å². The van der Waals surface area contributed by atoms with Crippen LogP contribution in [0.1, 0.15) is 46.0 Å². The lowest BCUT2D eigenvalue weighted by Crippen LogP contribution is -2.49. The molecule has 8 nitrogen and oxygen atoms in total. The second kappa shape index (κ2) is 13.8. The van der Waals surface area contributed by atoms with Crippen molar-refractivity contribution in [3.8, 4) is 0 Å². The maximum Gasteiger partial charge on any atom is 0.225 e. The molecule has 0 radical (unpaired) electrons. The van der Waals surface area contributed by atoms with E-state index in [2.05, 4.69) is 46.0 Å². The van der Waals surface area contributed by atoms with Crippen LogP contribution in [-0.4, -0.2) is 84.5 Å². The third-order valence-electron chi connectivity index (χ3n) is 6.42. The van der Waals surface area contributed by atoms with Gasteiger partial charge in [0.2, 0.25) is 11.9 Å². The number of amides is 1. The van der Waals surface area contributed by atoms with Gasteiger partial charge >= 0.3 is 0 Å². The third kappa shape index (κ3) is 8.04. The molecule has 0 bridgehead atoms. The molecule has 1 saturated carbocycles. The minimum atomic E-state index is 0. The Hall–Kier alpha value is -1.65. The summed E-state index contributed by atoms with van der Waals surface area (Å²) < 4.78 is 0. The first-order valence-electron chi connectivity index (χ1n) is 11.9. The van der Waals surface area contributed by atoms with Gasteiger partial charge in [0.25, 0.3) is 0 Å². The first-order chi connectivity index (χ1) is 15.1. The Kier molecular flexibility index (Phi) is 11.5. The van der Waals surface area contributed by atoms with Gasteiger partial charge in [-0.15, -0.1) is 24.0 Å². The van der Waals surface area contributed by atoms with Crippen LogP contribution in [0, 0.1) is 11.8 Å². The highest BCUT2D eigenvalue weighted by molar-refractivity contribution is 14.0. The van der Waals surface area contributed by atoms with Crippen LogP contribution in [0.25, 0.3) is 0 Å². The molecular formula is C23H40IN7O. The molecule has 1 aliphatic carbocycles. The number of piperazine rings is 1. The summed E-state index contributed by atoms with van der Waals surface area (Å²) in [6.45, 7) is 9.80. The first-order valence-corrected chi connectivity index (χ1v) is 11.9. The van der Waals surface area contributed by atoms with Gasteiger partial charge in [-0.2, -0.15) is 0 Å². The minimum absolute atomic E-state index is 0. The zero-order chi connectivity index (χ0) is 22.1. The van der Waals surface area contributed by atoms with Crippen LogP contribution in [-0.2, 0) is 4.79 Å². The lowest BCUT2D eigenvalue weighted by molar-refractivity contribution is -0.131. The highest BCUT2D eigenvalue weighted by Crippen LogP contribution is 2.28. The number of hydrogen-bond acceptors (Lipinski definition) is 5. The zero-order valence-electron chi connectivity index (χ0n) is 19.9. The molecule has 0 spiro atoms. The average Bonchev–Trinajstić information content (AvgIpc) is 2.80. The number of rotatable bonds is 7. The van der Waals surface area contributed by atoms with Crippen molar-refractivity contribution in [1.82, 2.24) is 25.1 Å². The molecule has 9 heteroatoms. The fourth-order valence-electron chi connectivity index (χ4n) is 4.48. The summed E-state index contributed by atoms with van der Waals surface area (Å²) >= 11 is 0. The number of hydrogen-bond donors (Lipinski definition) is 1. The van der Waals surface area contributed by atoms with E-state index in [0.717, 1.165) is 49.9 Å². The van der Waals surface area contributed by atoms with Gasteiger partial charge in [0.05, 0.1) is 6.54 Å². The molecule has 1 aliphatic heterocycles. The van der Waals surface area contributed by atoms with Crippen LogP contribution in [0.4, 0.5) is 5.95 Å². The fraction of sp³-hybridized carbons (Fsp3) is 0.739. The van der Waals surface area contributed by atoms with Crippen molar-refractivity contribution in [2.45, 2.75) is 46.0 Å². The van der Waals surface area contributed by atoms with Crippen LogP contribution < -0.4 is 10.2 Å². The number of aliphatic imine (C=N–C) groups is 1. The van der Waals surface area contributed by atoms with E-state index >= 15 is 0 Å². The lowest BCUT2D eigenvalue weighted by atomic mass is 9.83. The molecule has 1 saturated heterocycles. The number of carbonyl (C=O) groups excluding carboxylic acids is 1. The normalized spacial score (nSPS) is 21.7. The van der Waals surface area contributed by atoms with Gasteiger partial charge in [0, 0.05) is 65.1 Å². The number of guanidine groups is 1. The van der Waals surface area contributed by atoms with Crippen LogP contribution in [0.15, 0.2) is 23.5 Å². The van der Waals surface area contributed by atoms with Crippen molar-refractivity contribution in [2.75, 3.05) is 57.8 Å². The average molecular weight is 558 g/mol. The zero-order valence-corrected chi connectivity index (χ0v) is 22.2. The maximum atomic E-state index is 12.7. The topological polar surface area (TPSA) is 77.0 Å². The SMILES string of the molecule is CCNC(=NCCC(=O)N1CCN(c2ncccn2)CC1)N(C)CC1CCC(C)CC1.I. The van der Waals surface area contributed by atoms with E-state index in [1.165, 1.54) is 25.7 Å². The largest absolute Gasteiger partial charge is 0.357 e. The van der Waals surface area contributed by atoms with Gasteiger partial charge in [0.15, 0.2) is 5.96 Å². The summed E-state index contributed by atoms with van der Waals surface area (Å²) in [6.07, 6.45) is 9.25. The molecule has 2 aliphatic rings. The Balaban J connectivity index is 0.00000363. The monoisotopic (exact) mass is 557 g/mol. The fourth-order valence-corrected chi connectivity index (χ4v) is 4.48. The quantitative estimate of drug-likeness (QED) is 0.316. The molecule has 0 aromatic carbocycles. The molecule has 32 heavy (non-hydrogen) atoms. The number of nitrogens with zero attached hydrogens (tertiary/aromatic N) is 6. The van der Waals surface area contributed by atoms with E-state index in [9.17, 15) is 4.79 Å². The summed E-state index contributed by atoms with van der Waals surface area (Å²) in [5.41, 5.74) is 0. The molecule has 180 valence electrons. The standard InChI is InChI=1S/C23H39N7O.HI/c1-4-24-22(28(3)18-20-8-6-19(2)7-9-20)27-13-10-21(31)29-14-16-30(17-15-29)23-25-11-5-12-26-23;/h5,11-12,19-20H,4,6-10,13-18H2,1-3H3,(H,24,27);1H. The van der Waals surface area contributed by atoms with Crippen molar-refractivity contribution >= 4 is 41.8 Å². The minimum Gasteiger partial charge on any atom is -0.357 e. The number of anilines is 1. The summed E-state index contributed by atoms with van der Waals surface area (Å²) in [5, 5.41) is 3.39. The van der Waals surface area contributed by atoms with E-state index in [1.807, 2.05) is 11.0 Å². The van der Waals surface area contributed by atoms with Crippen molar-refractivity contribution in [1.29, 1.82) is 0 Å². The molecule has 2 fully saturated rings. The number of halogens is 1. The van der Waals surface area contributed by atoms with Crippen molar-refractivity contribution < 1.29 is 4.79 Å². The van der Waals surface area contributed by atoms with Gasteiger partial charge < -0.3 is 20.0 Å². The molecule has 0 unspecified atom stereocenters. The first kappa shape index (κ1) is 26.6. The van der Waals surface area contributed by atoms with Crippen LogP contribution in [0.5, 0.6) is 0 Å². The lowest BCUT2D eigenvalue weighted by Gasteiger charge is -2.34. The van der Waals surface area contributed by atoms with Gasteiger partial charge in [-0.3, -0.25) is 9.79 Å². The summed E-state index contributed by atoms with van der Waals surface area (Å²) in [5.74, 6) is 3.45.